The zero-order valence-electron chi connectivity index (χ0n) is 14.8. The maximum atomic E-state index is 12.6. The van der Waals surface area contributed by atoms with Gasteiger partial charge in [-0.15, -0.1) is 0 Å². The second kappa shape index (κ2) is 8.09. The molecule has 0 aliphatic heterocycles. The number of thioether (sulfide) groups is 1. The number of aromatic nitrogens is 4. The van der Waals surface area contributed by atoms with Crippen LogP contribution in [0, 0.1) is 20.8 Å². The second-order valence-corrected chi connectivity index (χ2v) is 6.80. The number of carbonyl (C=O) groups excluding carboxylic acids is 1. The molecule has 0 aliphatic rings. The van der Waals surface area contributed by atoms with Crippen LogP contribution in [0.3, 0.4) is 0 Å². The first kappa shape index (κ1) is 18.1. The Balaban J connectivity index is 1.68. The zero-order valence-corrected chi connectivity index (χ0v) is 15.6. The van der Waals surface area contributed by atoms with Crippen molar-refractivity contribution in [1.29, 1.82) is 0 Å². The summed E-state index contributed by atoms with van der Waals surface area (Å²) >= 11 is 1.45. The lowest BCUT2D eigenvalue weighted by atomic mass is 10.1. The van der Waals surface area contributed by atoms with Crippen molar-refractivity contribution in [3.63, 3.8) is 0 Å². The number of pyridine rings is 1. The van der Waals surface area contributed by atoms with Crippen LogP contribution in [-0.2, 0) is 12.3 Å². The molecule has 26 heavy (non-hydrogen) atoms. The molecule has 3 rings (SSSR count). The largest absolute Gasteiger partial charge is 0.361 e. The minimum atomic E-state index is -0.175. The third kappa shape index (κ3) is 4.26. The summed E-state index contributed by atoms with van der Waals surface area (Å²) in [6.07, 6.45) is 3.35. The summed E-state index contributed by atoms with van der Waals surface area (Å²) in [5, 5.41) is 15.5. The molecule has 0 atom stereocenters. The van der Waals surface area contributed by atoms with Crippen LogP contribution in [0.25, 0.3) is 0 Å². The maximum Gasteiger partial charge on any atom is 0.254 e. The average Bonchev–Trinajstić information content (AvgIpc) is 3.06. The Morgan fingerprint density at radius 2 is 2.15 bits per heavy atom. The molecule has 0 spiro atoms. The van der Waals surface area contributed by atoms with Gasteiger partial charge in [0.2, 0.25) is 0 Å². The van der Waals surface area contributed by atoms with Crippen LogP contribution in [0.1, 0.15) is 38.6 Å². The van der Waals surface area contributed by atoms with Crippen LogP contribution < -0.4 is 5.32 Å². The van der Waals surface area contributed by atoms with Gasteiger partial charge in [0.05, 0.1) is 23.1 Å². The van der Waals surface area contributed by atoms with Crippen molar-refractivity contribution in [3.05, 3.63) is 64.4 Å². The van der Waals surface area contributed by atoms with Crippen molar-refractivity contribution in [1.82, 2.24) is 25.7 Å². The molecule has 134 valence electrons. The molecule has 0 radical (unpaired) electrons. The maximum absolute atomic E-state index is 12.6. The lowest BCUT2D eigenvalue weighted by Crippen LogP contribution is -2.24. The van der Waals surface area contributed by atoms with E-state index in [0.717, 1.165) is 28.3 Å². The van der Waals surface area contributed by atoms with Crippen molar-refractivity contribution in [3.8, 4) is 0 Å². The highest BCUT2D eigenvalue weighted by Crippen LogP contribution is 2.24. The number of rotatable bonds is 6. The molecule has 0 unspecified atom stereocenters. The van der Waals surface area contributed by atoms with Gasteiger partial charge in [0.1, 0.15) is 10.8 Å². The summed E-state index contributed by atoms with van der Waals surface area (Å²) in [6.45, 7) is 6.10. The molecule has 0 bridgehead atoms. The quantitative estimate of drug-likeness (QED) is 0.668. The minimum absolute atomic E-state index is 0.175. The fraction of sp³-hybridized carbons (Fsp3) is 0.278. The molecule has 1 amide bonds. The number of carbonyl (C=O) groups is 1. The molecule has 0 saturated heterocycles. The number of hydrogen-bond acceptors (Lipinski definition) is 7. The molecule has 8 heteroatoms. The Morgan fingerprint density at radius 3 is 2.92 bits per heavy atom. The van der Waals surface area contributed by atoms with Gasteiger partial charge < -0.3 is 9.84 Å². The molecular weight excluding hydrogens is 350 g/mol. The van der Waals surface area contributed by atoms with E-state index in [0.29, 0.717) is 22.9 Å². The Labute approximate surface area is 155 Å². The SMILES string of the molecule is Cc1cc(CSc2ncccc2C(=O)NCc2cnnc(C)c2C)no1. The smallest absolute Gasteiger partial charge is 0.254 e. The average molecular weight is 369 g/mol. The Bertz CT molecular complexity index is 925. The predicted octanol–water partition coefficient (Wildman–Crippen LogP) is 3.01. The third-order valence-electron chi connectivity index (χ3n) is 3.93. The van der Waals surface area contributed by atoms with E-state index in [1.165, 1.54) is 11.8 Å². The minimum Gasteiger partial charge on any atom is -0.361 e. The van der Waals surface area contributed by atoms with Crippen molar-refractivity contribution < 1.29 is 9.32 Å². The van der Waals surface area contributed by atoms with Crippen molar-refractivity contribution in [2.24, 2.45) is 0 Å². The van der Waals surface area contributed by atoms with Crippen molar-refractivity contribution in [2.45, 2.75) is 38.1 Å². The molecular formula is C18H19N5O2S. The first-order chi connectivity index (χ1) is 12.5. The van der Waals surface area contributed by atoms with E-state index in [-0.39, 0.29) is 5.91 Å². The third-order valence-corrected chi connectivity index (χ3v) is 4.97. The summed E-state index contributed by atoms with van der Waals surface area (Å²) in [4.78, 5) is 16.9. The Hall–Kier alpha value is -2.74. The molecule has 3 aromatic heterocycles. The normalized spacial score (nSPS) is 10.7. The first-order valence-corrected chi connectivity index (χ1v) is 9.09. The summed E-state index contributed by atoms with van der Waals surface area (Å²) in [5.41, 5.74) is 4.19. The highest BCUT2D eigenvalue weighted by Gasteiger charge is 2.14. The predicted molar refractivity (Wildman–Crippen MR) is 97.7 cm³/mol. The standard InChI is InChI=1S/C18H19N5O2S/c1-11-7-15(23-25-11)10-26-18-16(5-4-6-19-18)17(24)20-8-14-9-21-22-13(3)12(14)2/h4-7,9H,8,10H2,1-3H3,(H,20,24). The van der Waals surface area contributed by atoms with Crippen molar-refractivity contribution in [2.75, 3.05) is 0 Å². The highest BCUT2D eigenvalue weighted by molar-refractivity contribution is 7.98. The van der Waals surface area contributed by atoms with Gasteiger partial charge in [0, 0.05) is 24.6 Å². The number of aryl methyl sites for hydroxylation is 2. The van der Waals surface area contributed by atoms with E-state index < -0.39 is 0 Å². The molecule has 0 aliphatic carbocycles. The number of hydrogen-bond donors (Lipinski definition) is 1. The highest BCUT2D eigenvalue weighted by atomic mass is 32.2. The molecule has 1 N–H and O–H groups in total. The van der Waals surface area contributed by atoms with E-state index in [4.69, 9.17) is 4.52 Å². The van der Waals surface area contributed by atoms with Crippen LogP contribution in [0.4, 0.5) is 0 Å². The summed E-state index contributed by atoms with van der Waals surface area (Å²) in [7, 11) is 0. The van der Waals surface area contributed by atoms with E-state index in [2.05, 4.69) is 25.7 Å². The summed E-state index contributed by atoms with van der Waals surface area (Å²) in [5.74, 6) is 1.17. The summed E-state index contributed by atoms with van der Waals surface area (Å²) < 4.78 is 5.06. The van der Waals surface area contributed by atoms with Crippen LogP contribution in [-0.4, -0.2) is 26.2 Å². The van der Waals surface area contributed by atoms with Gasteiger partial charge in [-0.2, -0.15) is 10.2 Å². The fourth-order valence-corrected chi connectivity index (χ4v) is 3.22. The van der Waals surface area contributed by atoms with Gasteiger partial charge in [-0.3, -0.25) is 4.79 Å². The second-order valence-electron chi connectivity index (χ2n) is 5.84. The van der Waals surface area contributed by atoms with Crippen LogP contribution in [0.5, 0.6) is 0 Å². The van der Waals surface area contributed by atoms with E-state index in [1.54, 1.807) is 24.5 Å². The molecule has 0 aromatic carbocycles. The van der Waals surface area contributed by atoms with Gasteiger partial charge in [0.15, 0.2) is 0 Å². The van der Waals surface area contributed by atoms with Crippen LogP contribution >= 0.6 is 11.8 Å². The Morgan fingerprint density at radius 1 is 1.31 bits per heavy atom. The van der Waals surface area contributed by atoms with Crippen LogP contribution in [0.2, 0.25) is 0 Å². The van der Waals surface area contributed by atoms with Gasteiger partial charge in [0.25, 0.3) is 5.91 Å². The molecule has 3 heterocycles. The van der Waals surface area contributed by atoms with Gasteiger partial charge in [-0.25, -0.2) is 4.98 Å². The van der Waals surface area contributed by atoms with Crippen LogP contribution in [0.15, 0.2) is 40.1 Å². The molecule has 0 saturated carbocycles. The Kier molecular flexibility index (Phi) is 5.62. The topological polar surface area (TPSA) is 93.8 Å². The van der Waals surface area contributed by atoms with Gasteiger partial charge in [-0.1, -0.05) is 16.9 Å². The first-order valence-electron chi connectivity index (χ1n) is 8.10. The number of nitrogens with zero attached hydrogens (tertiary/aromatic N) is 4. The van der Waals surface area contributed by atoms with Gasteiger partial charge >= 0.3 is 0 Å². The number of amides is 1. The summed E-state index contributed by atoms with van der Waals surface area (Å²) in [6, 6.07) is 5.39. The molecule has 3 aromatic rings. The molecule has 0 fully saturated rings. The van der Waals surface area contributed by atoms with E-state index in [1.807, 2.05) is 26.8 Å². The number of nitrogens with one attached hydrogen (secondary N) is 1. The van der Waals surface area contributed by atoms with E-state index in [9.17, 15) is 4.79 Å². The van der Waals surface area contributed by atoms with Gasteiger partial charge in [-0.05, 0) is 44.0 Å². The molecule has 7 nitrogen and oxygen atoms in total. The lowest BCUT2D eigenvalue weighted by Gasteiger charge is -2.10. The van der Waals surface area contributed by atoms with E-state index >= 15 is 0 Å². The monoisotopic (exact) mass is 369 g/mol. The fourth-order valence-electron chi connectivity index (χ4n) is 2.35. The zero-order chi connectivity index (χ0) is 18.5. The van der Waals surface area contributed by atoms with Crippen molar-refractivity contribution >= 4 is 17.7 Å². The lowest BCUT2D eigenvalue weighted by molar-refractivity contribution is 0.0947.